The Labute approximate surface area is 116 Å². The third kappa shape index (κ3) is 4.20. The van der Waals surface area contributed by atoms with Crippen molar-refractivity contribution in [2.45, 2.75) is 56.6 Å². The van der Waals surface area contributed by atoms with Gasteiger partial charge in [0.05, 0.1) is 5.25 Å². The third-order valence-electron chi connectivity index (χ3n) is 4.59. The van der Waals surface area contributed by atoms with E-state index in [2.05, 4.69) is 0 Å². The monoisotopic (exact) mass is 287 g/mol. The summed E-state index contributed by atoms with van der Waals surface area (Å²) in [5.41, 5.74) is 0. The fourth-order valence-electron chi connectivity index (χ4n) is 3.27. The first-order chi connectivity index (χ1) is 8.97. The average Bonchev–Trinajstić information content (AvgIpc) is 2.87. The van der Waals surface area contributed by atoms with Gasteiger partial charge >= 0.3 is 0 Å². The molecule has 1 unspecified atom stereocenters. The number of hydrogen-bond acceptors (Lipinski definition) is 3. The molecule has 1 atom stereocenters. The number of carbonyl (C=O) groups excluding carboxylic acids is 1. The number of likely N-dealkylation sites (tertiary alicyclic amines) is 1. The lowest BCUT2D eigenvalue weighted by atomic mass is 9.86. The summed E-state index contributed by atoms with van der Waals surface area (Å²) in [6.07, 6.45) is 9.93. The summed E-state index contributed by atoms with van der Waals surface area (Å²) in [7, 11) is -3.00. The predicted octanol–water partition coefficient (Wildman–Crippen LogP) is 1.99. The van der Waals surface area contributed by atoms with Crippen molar-refractivity contribution in [3.63, 3.8) is 0 Å². The highest BCUT2D eigenvalue weighted by Gasteiger charge is 2.32. The van der Waals surface area contributed by atoms with E-state index < -0.39 is 9.84 Å². The van der Waals surface area contributed by atoms with Gasteiger partial charge in [0.25, 0.3) is 0 Å². The molecule has 19 heavy (non-hydrogen) atoms. The summed E-state index contributed by atoms with van der Waals surface area (Å²) in [6, 6.07) is 0. The number of sulfone groups is 1. The second-order valence-corrected chi connectivity index (χ2v) is 8.45. The highest BCUT2D eigenvalue weighted by Crippen LogP contribution is 2.28. The van der Waals surface area contributed by atoms with Gasteiger partial charge in [-0.1, -0.05) is 32.1 Å². The fraction of sp³-hybridized carbons (Fsp3) is 0.929. The van der Waals surface area contributed by atoms with E-state index in [9.17, 15) is 13.2 Å². The van der Waals surface area contributed by atoms with Gasteiger partial charge in [-0.15, -0.1) is 0 Å². The molecule has 0 spiro atoms. The van der Waals surface area contributed by atoms with E-state index in [1.165, 1.54) is 38.4 Å². The highest BCUT2D eigenvalue weighted by molar-refractivity contribution is 7.91. The Morgan fingerprint density at radius 1 is 1.16 bits per heavy atom. The number of amides is 1. The van der Waals surface area contributed by atoms with E-state index in [-0.39, 0.29) is 11.2 Å². The minimum absolute atomic E-state index is 0.150. The van der Waals surface area contributed by atoms with Crippen molar-refractivity contribution in [1.82, 2.24) is 4.90 Å². The molecule has 110 valence electrons. The van der Waals surface area contributed by atoms with Crippen molar-refractivity contribution >= 4 is 15.7 Å². The van der Waals surface area contributed by atoms with E-state index in [1.807, 2.05) is 0 Å². The summed E-state index contributed by atoms with van der Waals surface area (Å²) in [5, 5.41) is -0.342. The zero-order valence-electron chi connectivity index (χ0n) is 11.8. The van der Waals surface area contributed by atoms with Gasteiger partial charge in [0, 0.05) is 25.8 Å². The average molecular weight is 287 g/mol. The van der Waals surface area contributed by atoms with Crippen LogP contribution >= 0.6 is 0 Å². The van der Waals surface area contributed by atoms with E-state index in [0.29, 0.717) is 31.8 Å². The first-order valence-corrected chi connectivity index (χ1v) is 9.39. The molecule has 1 aliphatic carbocycles. The summed E-state index contributed by atoms with van der Waals surface area (Å²) >= 11 is 0. The lowest BCUT2D eigenvalue weighted by molar-refractivity contribution is -0.130. The number of nitrogens with zero attached hydrogens (tertiary/aromatic N) is 1. The van der Waals surface area contributed by atoms with Gasteiger partial charge in [-0.25, -0.2) is 8.42 Å². The smallest absolute Gasteiger partial charge is 0.222 e. The highest BCUT2D eigenvalue weighted by atomic mass is 32.2. The van der Waals surface area contributed by atoms with Gasteiger partial charge in [0.2, 0.25) is 5.91 Å². The lowest BCUT2D eigenvalue weighted by Crippen LogP contribution is -2.31. The van der Waals surface area contributed by atoms with Crippen molar-refractivity contribution in [2.75, 3.05) is 19.3 Å². The third-order valence-corrected chi connectivity index (χ3v) is 6.19. The maximum Gasteiger partial charge on any atom is 0.222 e. The van der Waals surface area contributed by atoms with Gasteiger partial charge in [0.15, 0.2) is 9.84 Å². The van der Waals surface area contributed by atoms with Crippen molar-refractivity contribution in [3.05, 3.63) is 0 Å². The van der Waals surface area contributed by atoms with Gasteiger partial charge in [-0.3, -0.25) is 4.79 Å². The molecule has 0 radical (unpaired) electrons. The van der Waals surface area contributed by atoms with Crippen LogP contribution in [0.4, 0.5) is 0 Å². The molecular formula is C14H25NO3S. The first-order valence-electron chi connectivity index (χ1n) is 7.43. The van der Waals surface area contributed by atoms with Gasteiger partial charge in [0.1, 0.15) is 0 Å². The van der Waals surface area contributed by atoms with Crippen LogP contribution in [0.25, 0.3) is 0 Å². The minimum atomic E-state index is -3.00. The van der Waals surface area contributed by atoms with Crippen molar-refractivity contribution in [3.8, 4) is 0 Å². The van der Waals surface area contributed by atoms with Crippen LogP contribution in [0.5, 0.6) is 0 Å². The Morgan fingerprint density at radius 2 is 1.84 bits per heavy atom. The lowest BCUT2D eigenvalue weighted by Gasteiger charge is -2.22. The molecule has 0 bridgehead atoms. The maximum atomic E-state index is 12.1. The molecule has 5 heteroatoms. The van der Waals surface area contributed by atoms with Crippen LogP contribution < -0.4 is 0 Å². The second kappa shape index (κ2) is 6.25. The molecular weight excluding hydrogens is 262 g/mol. The van der Waals surface area contributed by atoms with Crippen LogP contribution in [0.15, 0.2) is 0 Å². The molecule has 1 saturated carbocycles. The van der Waals surface area contributed by atoms with Crippen molar-refractivity contribution < 1.29 is 13.2 Å². The van der Waals surface area contributed by atoms with Crippen LogP contribution in [0.2, 0.25) is 0 Å². The van der Waals surface area contributed by atoms with Gasteiger partial charge < -0.3 is 4.90 Å². The Morgan fingerprint density at radius 3 is 2.42 bits per heavy atom. The Kier molecular flexibility index (Phi) is 4.87. The minimum Gasteiger partial charge on any atom is -0.341 e. The van der Waals surface area contributed by atoms with Crippen LogP contribution in [-0.2, 0) is 14.6 Å². The molecule has 2 fully saturated rings. The van der Waals surface area contributed by atoms with Crippen LogP contribution in [0.1, 0.15) is 51.4 Å². The summed E-state index contributed by atoms with van der Waals surface area (Å²) in [4.78, 5) is 13.8. The number of rotatable bonds is 4. The van der Waals surface area contributed by atoms with E-state index in [4.69, 9.17) is 0 Å². The van der Waals surface area contributed by atoms with Crippen LogP contribution in [-0.4, -0.2) is 43.8 Å². The molecule has 2 aliphatic rings. The molecule has 2 rings (SSSR count). The predicted molar refractivity (Wildman–Crippen MR) is 75.6 cm³/mol. The summed E-state index contributed by atoms with van der Waals surface area (Å²) in [5.74, 6) is 0.864. The zero-order chi connectivity index (χ0) is 13.9. The largest absolute Gasteiger partial charge is 0.341 e. The zero-order valence-corrected chi connectivity index (χ0v) is 12.6. The Bertz CT molecular complexity index is 412. The quantitative estimate of drug-likeness (QED) is 0.794. The molecule has 0 aromatic carbocycles. The van der Waals surface area contributed by atoms with Crippen molar-refractivity contribution in [2.24, 2.45) is 5.92 Å². The number of carbonyl (C=O) groups is 1. The second-order valence-electron chi connectivity index (χ2n) is 6.12. The topological polar surface area (TPSA) is 54.5 Å². The molecule has 1 aliphatic heterocycles. The van der Waals surface area contributed by atoms with E-state index >= 15 is 0 Å². The Balaban J connectivity index is 1.75. The molecule has 1 saturated heterocycles. The summed E-state index contributed by atoms with van der Waals surface area (Å²) < 4.78 is 22.9. The van der Waals surface area contributed by atoms with Crippen LogP contribution in [0, 0.1) is 5.92 Å². The van der Waals surface area contributed by atoms with E-state index in [1.54, 1.807) is 4.90 Å². The maximum absolute atomic E-state index is 12.1. The fourth-order valence-corrected chi connectivity index (χ4v) is 4.25. The van der Waals surface area contributed by atoms with Crippen molar-refractivity contribution in [1.29, 1.82) is 0 Å². The van der Waals surface area contributed by atoms with Gasteiger partial charge in [-0.2, -0.15) is 0 Å². The SMILES string of the molecule is CS(=O)(=O)C1CCN(C(=O)CCC2CCCCC2)C1. The molecule has 0 aromatic rings. The molecule has 0 N–H and O–H groups in total. The molecule has 4 nitrogen and oxygen atoms in total. The molecule has 1 heterocycles. The molecule has 1 amide bonds. The van der Waals surface area contributed by atoms with E-state index in [0.717, 1.165) is 6.42 Å². The molecule has 0 aromatic heterocycles. The normalized spacial score (nSPS) is 25.7. The van der Waals surface area contributed by atoms with Crippen LogP contribution in [0.3, 0.4) is 0 Å². The Hall–Kier alpha value is -0.580. The summed E-state index contributed by atoms with van der Waals surface area (Å²) in [6.45, 7) is 1.02. The first kappa shape index (κ1) is 14.8. The number of hydrogen-bond donors (Lipinski definition) is 0. The standard InChI is InChI=1S/C14H25NO3S/c1-19(17,18)13-9-10-15(11-13)14(16)8-7-12-5-3-2-4-6-12/h12-13H,2-11H2,1H3. The van der Waals surface area contributed by atoms with Gasteiger partial charge in [-0.05, 0) is 18.8 Å².